The van der Waals surface area contributed by atoms with Crippen LogP contribution in [0.25, 0.3) is 10.6 Å². The first kappa shape index (κ1) is 16.1. The molecular formula is C16H17F2N3OS2. The van der Waals surface area contributed by atoms with Gasteiger partial charge in [-0.1, -0.05) is 0 Å². The van der Waals surface area contributed by atoms with Gasteiger partial charge in [-0.2, -0.15) is 0 Å². The summed E-state index contributed by atoms with van der Waals surface area (Å²) in [6.45, 7) is 3.89. The van der Waals surface area contributed by atoms with E-state index >= 15 is 0 Å². The molecule has 2 saturated carbocycles. The van der Waals surface area contributed by atoms with Crippen molar-refractivity contribution in [3.8, 4) is 10.6 Å². The molecule has 1 spiro atoms. The summed E-state index contributed by atoms with van der Waals surface area (Å²) in [5.74, 6) is -2.79. The summed E-state index contributed by atoms with van der Waals surface area (Å²) >= 11 is 2.96. The van der Waals surface area contributed by atoms with Crippen LogP contribution in [0, 0.1) is 25.2 Å². The van der Waals surface area contributed by atoms with Gasteiger partial charge in [-0.15, -0.1) is 22.7 Å². The first-order valence-corrected chi connectivity index (χ1v) is 9.54. The smallest absolute Gasteiger partial charge is 0.249 e. The Balaban J connectivity index is 1.37. The van der Waals surface area contributed by atoms with Crippen molar-refractivity contribution in [3.05, 3.63) is 16.1 Å². The summed E-state index contributed by atoms with van der Waals surface area (Å²) in [5, 5.41) is 6.28. The zero-order valence-electron chi connectivity index (χ0n) is 13.4. The average molecular weight is 369 g/mol. The van der Waals surface area contributed by atoms with Crippen molar-refractivity contribution in [2.75, 3.05) is 5.32 Å². The lowest BCUT2D eigenvalue weighted by atomic mass is 9.50. The molecule has 0 unspecified atom stereocenters. The molecule has 24 heavy (non-hydrogen) atoms. The lowest BCUT2D eigenvalue weighted by molar-refractivity contribution is -0.206. The average Bonchev–Trinajstić information content (AvgIpc) is 2.99. The number of anilines is 1. The van der Waals surface area contributed by atoms with Crippen LogP contribution in [-0.4, -0.2) is 21.8 Å². The summed E-state index contributed by atoms with van der Waals surface area (Å²) in [6.07, 6.45) is 1.02. The minimum absolute atomic E-state index is 0.0603. The molecule has 8 heteroatoms. The van der Waals surface area contributed by atoms with Crippen LogP contribution in [0.1, 0.15) is 36.4 Å². The monoisotopic (exact) mass is 369 g/mol. The summed E-state index contributed by atoms with van der Waals surface area (Å²) in [5.41, 5.74) is 1.48. The highest BCUT2D eigenvalue weighted by Gasteiger charge is 2.62. The van der Waals surface area contributed by atoms with Crippen LogP contribution in [-0.2, 0) is 4.79 Å². The van der Waals surface area contributed by atoms with E-state index in [2.05, 4.69) is 15.3 Å². The molecule has 4 rings (SSSR count). The highest BCUT2D eigenvalue weighted by atomic mass is 32.1. The van der Waals surface area contributed by atoms with E-state index in [1.807, 2.05) is 19.2 Å². The number of aryl methyl sites for hydroxylation is 2. The summed E-state index contributed by atoms with van der Waals surface area (Å²) in [4.78, 5) is 22.1. The SMILES string of the molecule is Cc1nc(C)c(-c2csc(NC(=O)C3CC4(C3)CC(F)(F)C4)n2)s1. The quantitative estimate of drug-likeness (QED) is 0.857. The van der Waals surface area contributed by atoms with Crippen molar-refractivity contribution in [2.24, 2.45) is 11.3 Å². The fourth-order valence-electron chi connectivity index (χ4n) is 3.92. The molecule has 1 N–H and O–H groups in total. The molecule has 2 fully saturated rings. The Labute approximate surface area is 146 Å². The van der Waals surface area contributed by atoms with E-state index < -0.39 is 5.92 Å². The predicted octanol–water partition coefficient (Wildman–Crippen LogP) is 4.65. The molecule has 2 aromatic rings. The first-order chi connectivity index (χ1) is 11.3. The number of nitrogens with zero attached hydrogens (tertiary/aromatic N) is 2. The fraction of sp³-hybridized carbons (Fsp3) is 0.562. The van der Waals surface area contributed by atoms with Gasteiger partial charge < -0.3 is 5.32 Å². The van der Waals surface area contributed by atoms with E-state index in [1.165, 1.54) is 11.3 Å². The number of carbonyl (C=O) groups excluding carboxylic acids is 1. The van der Waals surface area contributed by atoms with Gasteiger partial charge in [0.15, 0.2) is 5.13 Å². The van der Waals surface area contributed by atoms with Crippen LogP contribution in [0.5, 0.6) is 0 Å². The normalized spacial score (nSPS) is 21.3. The second-order valence-corrected chi connectivity index (χ2v) is 9.05. The molecule has 0 aromatic carbocycles. The van der Waals surface area contributed by atoms with E-state index in [-0.39, 0.29) is 30.1 Å². The molecule has 0 aliphatic heterocycles. The topological polar surface area (TPSA) is 54.9 Å². The van der Waals surface area contributed by atoms with Crippen molar-refractivity contribution < 1.29 is 13.6 Å². The summed E-state index contributed by atoms with van der Waals surface area (Å²) < 4.78 is 26.0. The van der Waals surface area contributed by atoms with Gasteiger partial charge in [0.25, 0.3) is 0 Å². The molecule has 0 bridgehead atoms. The van der Waals surface area contributed by atoms with Crippen molar-refractivity contribution in [1.82, 2.24) is 9.97 Å². The molecule has 0 saturated heterocycles. The number of hydrogen-bond donors (Lipinski definition) is 1. The van der Waals surface area contributed by atoms with Gasteiger partial charge in [0.05, 0.1) is 21.3 Å². The number of hydrogen-bond acceptors (Lipinski definition) is 5. The molecule has 0 radical (unpaired) electrons. The lowest BCUT2D eigenvalue weighted by Gasteiger charge is -2.56. The number of rotatable bonds is 3. The number of carbonyl (C=O) groups is 1. The van der Waals surface area contributed by atoms with Crippen molar-refractivity contribution in [3.63, 3.8) is 0 Å². The highest BCUT2D eigenvalue weighted by Crippen LogP contribution is 2.64. The van der Waals surface area contributed by atoms with Crippen LogP contribution < -0.4 is 5.32 Å². The predicted molar refractivity (Wildman–Crippen MR) is 90.7 cm³/mol. The van der Waals surface area contributed by atoms with Gasteiger partial charge >= 0.3 is 0 Å². The van der Waals surface area contributed by atoms with Crippen LogP contribution in [0.2, 0.25) is 0 Å². The molecule has 2 aromatic heterocycles. The maximum atomic E-state index is 13.0. The molecule has 2 aliphatic carbocycles. The van der Waals surface area contributed by atoms with Crippen LogP contribution >= 0.6 is 22.7 Å². The van der Waals surface area contributed by atoms with Crippen LogP contribution in [0.3, 0.4) is 0 Å². The second kappa shape index (κ2) is 5.29. The molecular weight excluding hydrogens is 352 g/mol. The van der Waals surface area contributed by atoms with E-state index in [4.69, 9.17) is 0 Å². The summed E-state index contributed by atoms with van der Waals surface area (Å²) in [6, 6.07) is 0. The molecule has 2 aliphatic rings. The molecule has 1 amide bonds. The van der Waals surface area contributed by atoms with Crippen LogP contribution in [0.4, 0.5) is 13.9 Å². The number of aromatic nitrogens is 2. The maximum absolute atomic E-state index is 13.0. The van der Waals surface area contributed by atoms with Gasteiger partial charge in [-0.05, 0) is 32.1 Å². The van der Waals surface area contributed by atoms with Crippen molar-refractivity contribution in [1.29, 1.82) is 0 Å². The number of halogens is 2. The number of nitrogens with one attached hydrogen (secondary N) is 1. The summed E-state index contributed by atoms with van der Waals surface area (Å²) in [7, 11) is 0. The van der Waals surface area contributed by atoms with E-state index in [9.17, 15) is 13.6 Å². The van der Waals surface area contributed by atoms with Crippen LogP contribution in [0.15, 0.2) is 5.38 Å². The third kappa shape index (κ3) is 2.75. The van der Waals surface area contributed by atoms with Gasteiger partial charge in [-0.25, -0.2) is 18.7 Å². The van der Waals surface area contributed by atoms with Crippen molar-refractivity contribution in [2.45, 2.75) is 45.5 Å². The Morgan fingerprint density at radius 2 is 2.00 bits per heavy atom. The maximum Gasteiger partial charge on any atom is 0.249 e. The number of thiazole rings is 2. The van der Waals surface area contributed by atoms with Gasteiger partial charge in [0.2, 0.25) is 11.8 Å². The standard InChI is InChI=1S/C16H17F2N3OS2/c1-8-12(24-9(2)19-8)11-5-23-14(20-11)21-13(22)10-3-15(4-10)6-16(17,18)7-15/h5,10H,3-4,6-7H2,1-2H3,(H,20,21,22). The third-order valence-corrected chi connectivity index (χ3v) is 6.72. The molecule has 128 valence electrons. The van der Waals surface area contributed by atoms with Gasteiger partial charge in [0, 0.05) is 24.1 Å². The zero-order valence-corrected chi connectivity index (χ0v) is 15.0. The van der Waals surface area contributed by atoms with Gasteiger partial charge in [0.1, 0.15) is 0 Å². The van der Waals surface area contributed by atoms with E-state index in [0.29, 0.717) is 18.0 Å². The Hall–Kier alpha value is -1.41. The number of amides is 1. The number of alkyl halides is 2. The fourth-order valence-corrected chi connectivity index (χ4v) is 5.58. The van der Waals surface area contributed by atoms with E-state index in [1.54, 1.807) is 11.3 Å². The third-order valence-electron chi connectivity index (χ3n) is 4.87. The second-order valence-electron chi connectivity index (χ2n) is 6.99. The van der Waals surface area contributed by atoms with Gasteiger partial charge in [-0.3, -0.25) is 4.79 Å². The Morgan fingerprint density at radius 1 is 1.29 bits per heavy atom. The highest BCUT2D eigenvalue weighted by molar-refractivity contribution is 7.16. The lowest BCUT2D eigenvalue weighted by Crippen LogP contribution is -2.55. The Morgan fingerprint density at radius 3 is 2.58 bits per heavy atom. The molecule has 4 nitrogen and oxygen atoms in total. The first-order valence-electron chi connectivity index (χ1n) is 7.84. The minimum Gasteiger partial charge on any atom is -0.302 e. The molecule has 2 heterocycles. The Kier molecular flexibility index (Phi) is 3.55. The van der Waals surface area contributed by atoms with Crippen molar-refractivity contribution >= 4 is 33.7 Å². The minimum atomic E-state index is -2.52. The van der Waals surface area contributed by atoms with E-state index in [0.717, 1.165) is 21.3 Å². The zero-order chi connectivity index (χ0) is 17.1. The Bertz CT molecular complexity index is 798. The molecule has 0 atom stereocenters. The largest absolute Gasteiger partial charge is 0.302 e.